The summed E-state index contributed by atoms with van der Waals surface area (Å²) in [6.45, 7) is 1.45. The second kappa shape index (κ2) is 7.04. The highest BCUT2D eigenvalue weighted by molar-refractivity contribution is 5.93. The molecule has 2 heterocycles. The first-order chi connectivity index (χ1) is 12.1. The van der Waals surface area contributed by atoms with E-state index in [0.29, 0.717) is 5.69 Å². The molecule has 3 N–H and O–H groups in total. The summed E-state index contributed by atoms with van der Waals surface area (Å²) in [5.74, 6) is -0.981. The van der Waals surface area contributed by atoms with Crippen LogP contribution in [0.5, 0.6) is 0 Å². The summed E-state index contributed by atoms with van der Waals surface area (Å²) in [7, 11) is 0. The quantitative estimate of drug-likeness (QED) is 0.744. The van der Waals surface area contributed by atoms with Gasteiger partial charge in [-0.2, -0.15) is 0 Å². The van der Waals surface area contributed by atoms with E-state index in [1.807, 2.05) is 30.3 Å². The molecule has 0 saturated carbocycles. The maximum atomic E-state index is 12.3. The van der Waals surface area contributed by atoms with Gasteiger partial charge in [0.15, 0.2) is 0 Å². The molecule has 1 atom stereocenters. The zero-order chi connectivity index (χ0) is 17.8. The number of H-pyrrole nitrogens is 1. The van der Waals surface area contributed by atoms with Crippen LogP contribution in [0.25, 0.3) is 6.08 Å². The molecule has 7 nitrogen and oxygen atoms in total. The number of aromatic amines is 1. The summed E-state index contributed by atoms with van der Waals surface area (Å²) in [6.07, 6.45) is 5.18. The number of nitrogens with one attached hydrogen (secondary N) is 3. The largest absolute Gasteiger partial charge is 0.357 e. The normalized spacial score (nSPS) is 15.4. The molecular formula is C18H18N4O3. The van der Waals surface area contributed by atoms with Crippen molar-refractivity contribution in [2.24, 2.45) is 0 Å². The Morgan fingerprint density at radius 1 is 1.12 bits per heavy atom. The van der Waals surface area contributed by atoms with Crippen LogP contribution in [-0.4, -0.2) is 27.6 Å². The van der Waals surface area contributed by atoms with E-state index < -0.39 is 11.9 Å². The third kappa shape index (κ3) is 3.60. The minimum Gasteiger partial charge on any atom is -0.357 e. The third-order valence-electron chi connectivity index (χ3n) is 4.01. The number of carbonyl (C=O) groups is 3. The van der Waals surface area contributed by atoms with Crippen LogP contribution in [-0.2, 0) is 9.59 Å². The van der Waals surface area contributed by atoms with E-state index in [4.69, 9.17) is 0 Å². The molecule has 1 aliphatic rings. The predicted molar refractivity (Wildman–Crippen MR) is 91.8 cm³/mol. The van der Waals surface area contributed by atoms with Crippen molar-refractivity contribution in [1.82, 2.24) is 20.7 Å². The van der Waals surface area contributed by atoms with Crippen LogP contribution in [0.1, 0.15) is 41.0 Å². The number of benzene rings is 1. The van der Waals surface area contributed by atoms with Gasteiger partial charge in [-0.05, 0) is 29.3 Å². The Kier molecular flexibility index (Phi) is 4.65. The number of hydrazine groups is 1. The molecule has 1 aromatic carbocycles. The Labute approximate surface area is 144 Å². The number of amides is 3. The maximum absolute atomic E-state index is 12.3. The number of nitrogens with zero attached hydrogens (tertiary/aromatic N) is 1. The van der Waals surface area contributed by atoms with Gasteiger partial charge in [-0.1, -0.05) is 24.3 Å². The highest BCUT2D eigenvalue weighted by Crippen LogP contribution is 2.32. The molecule has 128 valence electrons. The first-order valence-electron chi connectivity index (χ1n) is 7.85. The second-order valence-electron chi connectivity index (χ2n) is 5.68. The fourth-order valence-corrected chi connectivity index (χ4v) is 2.81. The fourth-order valence-electron chi connectivity index (χ4n) is 2.81. The van der Waals surface area contributed by atoms with Crippen molar-refractivity contribution in [3.63, 3.8) is 0 Å². The lowest BCUT2D eigenvalue weighted by molar-refractivity contribution is -0.130. The molecule has 1 aliphatic heterocycles. The van der Waals surface area contributed by atoms with Gasteiger partial charge in [0.2, 0.25) is 11.8 Å². The lowest BCUT2D eigenvalue weighted by atomic mass is 9.93. The van der Waals surface area contributed by atoms with Gasteiger partial charge in [0, 0.05) is 19.3 Å². The monoisotopic (exact) mass is 338 g/mol. The fraction of sp³-hybridized carbons (Fsp3) is 0.167. The van der Waals surface area contributed by atoms with Crippen LogP contribution in [0, 0.1) is 0 Å². The number of hydrogen-bond acceptors (Lipinski definition) is 3. The van der Waals surface area contributed by atoms with E-state index in [9.17, 15) is 14.4 Å². The molecule has 7 heteroatoms. The molecule has 3 rings (SSSR count). The van der Waals surface area contributed by atoms with Crippen LogP contribution >= 0.6 is 0 Å². The second-order valence-corrected chi connectivity index (χ2v) is 5.68. The lowest BCUT2D eigenvalue weighted by Crippen LogP contribution is -2.43. The zero-order valence-corrected chi connectivity index (χ0v) is 13.7. The highest BCUT2D eigenvalue weighted by atomic mass is 16.2. The predicted octanol–water partition coefficient (Wildman–Crippen LogP) is 1.74. The molecule has 2 aromatic rings. The molecule has 0 bridgehead atoms. The van der Waals surface area contributed by atoms with Crippen molar-refractivity contribution >= 4 is 23.8 Å². The van der Waals surface area contributed by atoms with Crippen molar-refractivity contribution in [2.75, 3.05) is 0 Å². The van der Waals surface area contributed by atoms with E-state index in [1.165, 1.54) is 11.8 Å². The van der Waals surface area contributed by atoms with Crippen LogP contribution in [0.3, 0.4) is 0 Å². The van der Waals surface area contributed by atoms with Crippen LogP contribution in [0.15, 0.2) is 48.8 Å². The Hall–Kier alpha value is -3.35. The molecule has 0 aliphatic carbocycles. The lowest BCUT2D eigenvalue weighted by Gasteiger charge is -2.32. The smallest absolute Gasteiger partial charge is 0.286 e. The molecule has 25 heavy (non-hydrogen) atoms. The number of fused-ring (bicyclic) bond motifs is 1. The molecule has 0 fully saturated rings. The van der Waals surface area contributed by atoms with E-state index in [0.717, 1.165) is 11.1 Å². The van der Waals surface area contributed by atoms with Crippen molar-refractivity contribution < 1.29 is 14.4 Å². The molecule has 0 radical (unpaired) electrons. The molecule has 1 aromatic heterocycles. The SMILES string of the molecule is CC(=O)N1C=Cc2ccccc2C1CC(=O)NNC(=O)c1ccc[nH]1. The summed E-state index contributed by atoms with van der Waals surface area (Å²) < 4.78 is 0. The average molecular weight is 338 g/mol. The number of aromatic nitrogens is 1. The Morgan fingerprint density at radius 3 is 2.64 bits per heavy atom. The minimum atomic E-state index is -0.439. The van der Waals surface area contributed by atoms with Gasteiger partial charge in [-0.15, -0.1) is 0 Å². The molecule has 0 saturated heterocycles. The van der Waals surface area contributed by atoms with Crippen molar-refractivity contribution in [3.8, 4) is 0 Å². The summed E-state index contributed by atoms with van der Waals surface area (Å²) in [5.41, 5.74) is 6.94. The van der Waals surface area contributed by atoms with Crippen molar-refractivity contribution in [2.45, 2.75) is 19.4 Å². The van der Waals surface area contributed by atoms with Gasteiger partial charge < -0.3 is 9.88 Å². The summed E-state index contributed by atoms with van der Waals surface area (Å²) in [4.78, 5) is 40.3. The molecule has 3 amide bonds. The van der Waals surface area contributed by atoms with E-state index in [-0.39, 0.29) is 18.2 Å². The first-order valence-corrected chi connectivity index (χ1v) is 7.85. The van der Waals surface area contributed by atoms with Gasteiger partial charge in [-0.3, -0.25) is 25.2 Å². The van der Waals surface area contributed by atoms with Gasteiger partial charge in [0.25, 0.3) is 5.91 Å². The Bertz CT molecular complexity index is 827. The first kappa shape index (κ1) is 16.5. The third-order valence-corrected chi connectivity index (χ3v) is 4.01. The average Bonchev–Trinajstić information content (AvgIpc) is 3.14. The molecule has 0 spiro atoms. The summed E-state index contributed by atoms with van der Waals surface area (Å²) in [6, 6.07) is 10.5. The molecular weight excluding hydrogens is 320 g/mol. The Morgan fingerprint density at radius 2 is 1.92 bits per heavy atom. The summed E-state index contributed by atoms with van der Waals surface area (Å²) in [5, 5.41) is 0. The number of rotatable bonds is 3. The van der Waals surface area contributed by atoms with Gasteiger partial charge >= 0.3 is 0 Å². The molecule has 1 unspecified atom stereocenters. The van der Waals surface area contributed by atoms with Gasteiger partial charge in [-0.25, -0.2) is 0 Å². The van der Waals surface area contributed by atoms with E-state index >= 15 is 0 Å². The van der Waals surface area contributed by atoms with E-state index in [1.54, 1.807) is 24.5 Å². The van der Waals surface area contributed by atoms with Crippen LogP contribution in [0.4, 0.5) is 0 Å². The van der Waals surface area contributed by atoms with Crippen LogP contribution in [0.2, 0.25) is 0 Å². The Balaban J connectivity index is 1.69. The van der Waals surface area contributed by atoms with Gasteiger partial charge in [0.1, 0.15) is 5.69 Å². The standard InChI is InChI=1S/C18H18N4O3/c1-12(23)22-10-8-13-5-2-3-6-14(13)16(22)11-17(24)20-21-18(25)15-7-4-9-19-15/h2-10,16,19H,11H2,1H3,(H,20,24)(H,21,25). The van der Waals surface area contributed by atoms with Crippen molar-refractivity contribution in [1.29, 1.82) is 0 Å². The number of hydrogen-bond donors (Lipinski definition) is 3. The summed E-state index contributed by atoms with van der Waals surface area (Å²) >= 11 is 0. The van der Waals surface area contributed by atoms with Crippen molar-refractivity contribution in [3.05, 3.63) is 65.6 Å². The van der Waals surface area contributed by atoms with E-state index in [2.05, 4.69) is 15.8 Å². The maximum Gasteiger partial charge on any atom is 0.286 e. The minimum absolute atomic E-state index is 0.0337. The topological polar surface area (TPSA) is 94.3 Å². The van der Waals surface area contributed by atoms with Crippen LogP contribution < -0.4 is 10.9 Å². The number of carbonyl (C=O) groups excluding carboxylic acids is 3. The highest BCUT2D eigenvalue weighted by Gasteiger charge is 2.28. The van der Waals surface area contributed by atoms with Gasteiger partial charge in [0.05, 0.1) is 12.5 Å². The zero-order valence-electron chi connectivity index (χ0n) is 13.7.